The van der Waals surface area contributed by atoms with Crippen LogP contribution < -0.4 is 5.32 Å². The maximum atomic E-state index is 12.7. The van der Waals surface area contributed by atoms with Crippen LogP contribution in [0.1, 0.15) is 31.3 Å². The zero-order chi connectivity index (χ0) is 20.2. The second kappa shape index (κ2) is 7.63. The predicted octanol–water partition coefficient (Wildman–Crippen LogP) is 3.55. The van der Waals surface area contributed by atoms with Gasteiger partial charge in [0.2, 0.25) is 0 Å². The Morgan fingerprint density at radius 2 is 1.85 bits per heavy atom. The Kier molecular flexibility index (Phi) is 5.52. The molecule has 2 aromatic rings. The Bertz CT molecular complexity index is 997. The zero-order valence-corrected chi connectivity index (χ0v) is 15.4. The molecule has 0 atom stereocenters. The van der Waals surface area contributed by atoms with Crippen molar-refractivity contribution in [1.82, 2.24) is 4.57 Å². The molecule has 0 fully saturated rings. The van der Waals surface area contributed by atoms with Crippen molar-refractivity contribution in [2.45, 2.75) is 26.4 Å². The zero-order valence-electron chi connectivity index (χ0n) is 15.4. The quantitative estimate of drug-likeness (QED) is 0.652. The topological polar surface area (TPSA) is 117 Å². The van der Waals surface area contributed by atoms with Gasteiger partial charge in [-0.05, 0) is 39.0 Å². The first kappa shape index (κ1) is 19.5. The van der Waals surface area contributed by atoms with Gasteiger partial charge in [-0.2, -0.15) is 10.5 Å². The van der Waals surface area contributed by atoms with Crippen molar-refractivity contribution >= 4 is 28.7 Å². The lowest BCUT2D eigenvalue weighted by Gasteiger charge is -2.20. The number of carbonyl (C=O) groups excluding carboxylic acids is 2. The third-order valence-corrected chi connectivity index (χ3v) is 3.40. The highest BCUT2D eigenvalue weighted by Crippen LogP contribution is 2.25. The molecule has 0 radical (unpaired) electrons. The van der Waals surface area contributed by atoms with Crippen LogP contribution in [-0.2, 0) is 9.47 Å². The summed E-state index contributed by atoms with van der Waals surface area (Å²) in [5.41, 5.74) is 0.106. The van der Waals surface area contributed by atoms with E-state index >= 15 is 0 Å². The number of rotatable bonds is 3. The highest BCUT2D eigenvalue weighted by Gasteiger charge is 2.25. The summed E-state index contributed by atoms with van der Waals surface area (Å²) >= 11 is 0. The molecule has 1 N–H and O–H groups in total. The maximum absolute atomic E-state index is 12.7. The molecular formula is C19H18N4O4. The van der Waals surface area contributed by atoms with Crippen LogP contribution in [0.2, 0.25) is 0 Å². The van der Waals surface area contributed by atoms with Gasteiger partial charge in [-0.15, -0.1) is 0 Å². The molecule has 0 bridgehead atoms. The molecule has 0 saturated heterocycles. The Morgan fingerprint density at radius 1 is 1.19 bits per heavy atom. The first-order valence-corrected chi connectivity index (χ1v) is 7.94. The summed E-state index contributed by atoms with van der Waals surface area (Å²) in [5.74, 6) is -0.678. The van der Waals surface area contributed by atoms with E-state index in [0.29, 0.717) is 16.6 Å². The molecule has 8 heteroatoms. The van der Waals surface area contributed by atoms with Crippen molar-refractivity contribution in [2.24, 2.45) is 0 Å². The van der Waals surface area contributed by atoms with Gasteiger partial charge < -0.3 is 14.8 Å². The van der Waals surface area contributed by atoms with Crippen LogP contribution in [0.25, 0.3) is 10.9 Å². The van der Waals surface area contributed by atoms with Crippen molar-refractivity contribution in [3.8, 4) is 12.1 Å². The number of nitrogens with zero attached hydrogens (tertiary/aromatic N) is 3. The number of fused-ring (bicyclic) bond motifs is 1. The number of ether oxygens (including phenoxy) is 2. The van der Waals surface area contributed by atoms with E-state index in [2.05, 4.69) is 5.32 Å². The van der Waals surface area contributed by atoms with E-state index in [1.165, 1.54) is 19.4 Å². The van der Waals surface area contributed by atoms with E-state index in [1.807, 2.05) is 0 Å². The number of nitriles is 2. The van der Waals surface area contributed by atoms with Gasteiger partial charge in [-0.25, -0.2) is 14.2 Å². The second-order valence-corrected chi connectivity index (χ2v) is 6.54. The van der Waals surface area contributed by atoms with Gasteiger partial charge in [-0.1, -0.05) is 6.07 Å². The summed E-state index contributed by atoms with van der Waals surface area (Å²) in [4.78, 5) is 24.8. The van der Waals surface area contributed by atoms with Crippen LogP contribution in [-0.4, -0.2) is 29.3 Å². The van der Waals surface area contributed by atoms with E-state index in [-0.39, 0.29) is 11.3 Å². The molecule has 138 valence electrons. The molecule has 0 unspecified atom stereocenters. The third kappa shape index (κ3) is 4.44. The number of esters is 1. The van der Waals surface area contributed by atoms with Gasteiger partial charge in [-0.3, -0.25) is 0 Å². The SMILES string of the molecule is COC(=O)c1cc2ccc(NC=C(C#N)C#N)cc2n1C(=O)OC(C)(C)C. The standard InChI is InChI=1S/C19H18N4O4/c1-19(2,3)27-18(25)23-15-8-14(22-11-12(9-20)10-21)6-5-13(15)7-16(23)17(24)26-4/h5-8,11,22H,1-4H3. The van der Waals surface area contributed by atoms with Gasteiger partial charge >= 0.3 is 12.1 Å². The molecule has 0 aliphatic carbocycles. The van der Waals surface area contributed by atoms with Gasteiger partial charge in [0.1, 0.15) is 29.0 Å². The largest absolute Gasteiger partial charge is 0.464 e. The lowest BCUT2D eigenvalue weighted by Crippen LogP contribution is -2.29. The van der Waals surface area contributed by atoms with Crippen LogP contribution in [0.4, 0.5) is 10.5 Å². The lowest BCUT2D eigenvalue weighted by atomic mass is 10.2. The Balaban J connectivity index is 2.58. The fourth-order valence-corrected chi connectivity index (χ4v) is 2.29. The molecule has 27 heavy (non-hydrogen) atoms. The normalized spacial score (nSPS) is 10.4. The van der Waals surface area contributed by atoms with Crippen LogP contribution in [0.3, 0.4) is 0 Å². The van der Waals surface area contributed by atoms with Crippen molar-refractivity contribution in [2.75, 3.05) is 12.4 Å². The van der Waals surface area contributed by atoms with Gasteiger partial charge in [0.25, 0.3) is 0 Å². The third-order valence-electron chi connectivity index (χ3n) is 3.40. The molecule has 1 aromatic carbocycles. The minimum absolute atomic E-state index is 0.0316. The van der Waals surface area contributed by atoms with Crippen LogP contribution in [0.15, 0.2) is 36.0 Å². The Morgan fingerprint density at radius 3 is 2.41 bits per heavy atom. The van der Waals surface area contributed by atoms with E-state index < -0.39 is 17.7 Å². The number of anilines is 1. The number of benzene rings is 1. The number of hydrogen-bond donors (Lipinski definition) is 1. The molecule has 0 aliphatic heterocycles. The van der Waals surface area contributed by atoms with Crippen LogP contribution >= 0.6 is 0 Å². The fraction of sp³-hybridized carbons (Fsp3) is 0.263. The summed E-state index contributed by atoms with van der Waals surface area (Å²) in [7, 11) is 1.22. The average Bonchev–Trinajstić information content (AvgIpc) is 2.99. The maximum Gasteiger partial charge on any atom is 0.419 e. The van der Waals surface area contributed by atoms with Crippen molar-refractivity contribution in [3.05, 3.63) is 41.7 Å². The summed E-state index contributed by atoms with van der Waals surface area (Å²) in [6, 6.07) is 9.99. The van der Waals surface area contributed by atoms with E-state index in [4.69, 9.17) is 20.0 Å². The first-order valence-electron chi connectivity index (χ1n) is 7.94. The monoisotopic (exact) mass is 366 g/mol. The van der Waals surface area contributed by atoms with E-state index in [9.17, 15) is 9.59 Å². The average molecular weight is 366 g/mol. The van der Waals surface area contributed by atoms with Crippen molar-refractivity contribution in [1.29, 1.82) is 10.5 Å². The van der Waals surface area contributed by atoms with Gasteiger partial charge in [0.15, 0.2) is 0 Å². The molecule has 1 aromatic heterocycles. The summed E-state index contributed by atoms with van der Waals surface area (Å²) < 4.78 is 11.3. The van der Waals surface area contributed by atoms with Crippen LogP contribution in [0, 0.1) is 22.7 Å². The highest BCUT2D eigenvalue weighted by atomic mass is 16.6. The van der Waals surface area contributed by atoms with E-state index in [1.54, 1.807) is 51.1 Å². The number of methoxy groups -OCH3 is 1. The number of nitrogens with one attached hydrogen (secondary N) is 1. The summed E-state index contributed by atoms with van der Waals surface area (Å²) in [5, 5.41) is 21.0. The molecule has 1 heterocycles. The van der Waals surface area contributed by atoms with Gasteiger partial charge in [0, 0.05) is 17.3 Å². The van der Waals surface area contributed by atoms with Crippen molar-refractivity contribution < 1.29 is 19.1 Å². The second-order valence-electron chi connectivity index (χ2n) is 6.54. The molecular weight excluding hydrogens is 348 g/mol. The minimum Gasteiger partial charge on any atom is -0.464 e. The summed E-state index contributed by atoms with van der Waals surface area (Å²) in [6.45, 7) is 5.16. The Hall–Kier alpha value is -3.78. The van der Waals surface area contributed by atoms with Crippen molar-refractivity contribution in [3.63, 3.8) is 0 Å². The molecule has 0 amide bonds. The summed E-state index contributed by atoms with van der Waals surface area (Å²) in [6.07, 6.45) is 0.531. The highest BCUT2D eigenvalue weighted by molar-refractivity contribution is 6.02. The number of hydrogen-bond acceptors (Lipinski definition) is 7. The number of allylic oxidation sites excluding steroid dienone is 1. The predicted molar refractivity (Wildman–Crippen MR) is 97.8 cm³/mol. The smallest absolute Gasteiger partial charge is 0.419 e. The van der Waals surface area contributed by atoms with Crippen LogP contribution in [0.5, 0.6) is 0 Å². The molecule has 8 nitrogen and oxygen atoms in total. The fourth-order valence-electron chi connectivity index (χ4n) is 2.29. The first-order chi connectivity index (χ1) is 12.7. The van der Waals surface area contributed by atoms with E-state index in [0.717, 1.165) is 4.57 Å². The molecule has 0 saturated carbocycles. The minimum atomic E-state index is -0.756. The molecule has 0 spiro atoms. The molecule has 2 rings (SSSR count). The Labute approximate surface area is 156 Å². The molecule has 0 aliphatic rings. The number of aromatic nitrogens is 1. The lowest BCUT2D eigenvalue weighted by molar-refractivity contribution is 0.0490. The van der Waals surface area contributed by atoms with Gasteiger partial charge in [0.05, 0.1) is 12.6 Å². The number of carbonyl (C=O) groups is 2.